The zero-order chi connectivity index (χ0) is 41.7. The van der Waals surface area contributed by atoms with Crippen molar-refractivity contribution < 1.29 is 64.5 Å². The van der Waals surface area contributed by atoms with Crippen molar-refractivity contribution in [2.75, 3.05) is 59.9 Å². The van der Waals surface area contributed by atoms with Crippen LogP contribution in [0.5, 0.6) is 0 Å². The molecule has 6 N–H and O–H groups in total. The van der Waals surface area contributed by atoms with Crippen molar-refractivity contribution >= 4 is 98.0 Å². The summed E-state index contributed by atoms with van der Waals surface area (Å²) >= 11 is -2.22. The monoisotopic (exact) mass is 900 g/mol. The second kappa shape index (κ2) is 20.9. The molecule has 0 spiro atoms. The molecule has 3 aromatic rings. The van der Waals surface area contributed by atoms with Crippen molar-refractivity contribution in [2.24, 2.45) is 20.5 Å². The SMILES string of the molecule is Cc1c(C#N)c(NCCS(=O)CCOS(=O)(=O)O)nc(NCCS(=O)CCOS(=O)(=O)O)c1N=Nc1ccc(N=Nc2ccc(S(=O)O)cc2)cc1S(=O)(=O)O. The third-order valence-corrected chi connectivity index (χ3v) is 11.7. The maximum Gasteiger partial charge on any atom is 0.397 e. The molecule has 2 aromatic carbocycles. The van der Waals surface area contributed by atoms with Crippen LogP contribution in [-0.2, 0) is 72.0 Å². The molecule has 0 saturated carbocycles. The molecule has 56 heavy (non-hydrogen) atoms. The summed E-state index contributed by atoms with van der Waals surface area (Å²) in [5.41, 5.74) is -0.241. The van der Waals surface area contributed by atoms with Crippen LogP contribution in [0.1, 0.15) is 11.1 Å². The van der Waals surface area contributed by atoms with Gasteiger partial charge in [-0.1, -0.05) is 0 Å². The quantitative estimate of drug-likeness (QED) is 0.0479. The molecule has 3 rings (SSSR count). The number of anilines is 2. The van der Waals surface area contributed by atoms with Gasteiger partial charge in [0.15, 0.2) is 16.9 Å². The van der Waals surface area contributed by atoms with Crippen molar-refractivity contribution in [1.29, 1.82) is 5.26 Å². The van der Waals surface area contributed by atoms with E-state index >= 15 is 0 Å². The van der Waals surface area contributed by atoms with E-state index in [9.17, 15) is 47.7 Å². The average molecular weight is 901 g/mol. The molecule has 0 saturated heterocycles. The third kappa shape index (κ3) is 15.8. The molecule has 3 unspecified atom stereocenters. The van der Waals surface area contributed by atoms with Crippen molar-refractivity contribution in [2.45, 2.75) is 16.7 Å². The number of nitrogens with one attached hydrogen (secondary N) is 2. The standard InChI is InChI=1S/C27H32N8O15S6/c1-18-22(17-28)26(29-8-12-51(36)14-10-49-55(43,44)45)31-27(30-9-13-52(37)15-11-50-56(46,47)48)25(18)35-34-23-7-4-20(16-24(23)54(40,41)42)33-32-19-2-5-21(6-3-19)53(38)39/h2-7,16H,8-15H2,1H3,(H,38,39)(H2,29,30,31)(H,40,41,42)(H,43,44,45)(H,46,47,48). The molecule has 1 heterocycles. The molecular formula is C27H32N8O15S6. The van der Waals surface area contributed by atoms with E-state index in [1.54, 1.807) is 0 Å². The van der Waals surface area contributed by atoms with Crippen molar-refractivity contribution in [1.82, 2.24) is 4.98 Å². The van der Waals surface area contributed by atoms with Crippen LogP contribution in [0.3, 0.4) is 0 Å². The molecule has 0 amide bonds. The van der Waals surface area contributed by atoms with Gasteiger partial charge in [0.1, 0.15) is 28.2 Å². The summed E-state index contributed by atoms with van der Waals surface area (Å²) in [6.07, 6.45) is 0. The topological polar surface area (TPSA) is 363 Å². The Hall–Kier alpha value is -4.06. The second-order valence-corrected chi connectivity index (χ2v) is 18.5. The van der Waals surface area contributed by atoms with Gasteiger partial charge in [0.05, 0.1) is 35.0 Å². The fourth-order valence-electron chi connectivity index (χ4n) is 4.14. The lowest BCUT2D eigenvalue weighted by Gasteiger charge is -2.15. The maximum absolute atomic E-state index is 12.4. The van der Waals surface area contributed by atoms with Crippen LogP contribution in [-0.4, -0.2) is 110 Å². The molecule has 0 bridgehead atoms. The van der Waals surface area contributed by atoms with Gasteiger partial charge in [-0.2, -0.15) is 40.7 Å². The average Bonchev–Trinajstić information content (AvgIpc) is 3.09. The number of azo groups is 2. The van der Waals surface area contributed by atoms with Gasteiger partial charge >= 0.3 is 20.8 Å². The first-order chi connectivity index (χ1) is 26.2. The minimum absolute atomic E-state index is 0.0457. The van der Waals surface area contributed by atoms with E-state index in [2.05, 4.69) is 44.4 Å². The lowest BCUT2D eigenvalue weighted by Crippen LogP contribution is -2.19. The van der Waals surface area contributed by atoms with Crippen LogP contribution in [0, 0.1) is 18.3 Å². The second-order valence-electron chi connectivity index (χ2n) is 10.6. The fraction of sp³-hybridized carbons (Fsp3) is 0.333. The summed E-state index contributed by atoms with van der Waals surface area (Å²) in [7, 11) is -17.7. The molecule has 306 valence electrons. The van der Waals surface area contributed by atoms with E-state index in [-0.39, 0.29) is 86.5 Å². The van der Waals surface area contributed by atoms with Gasteiger partial charge in [-0.15, -0.1) is 10.2 Å². The van der Waals surface area contributed by atoms with Crippen molar-refractivity contribution in [3.05, 3.63) is 53.6 Å². The molecule has 0 aliphatic heterocycles. The molecule has 3 atom stereocenters. The van der Waals surface area contributed by atoms with E-state index in [0.717, 1.165) is 12.1 Å². The van der Waals surface area contributed by atoms with Crippen LogP contribution < -0.4 is 10.6 Å². The predicted octanol–water partition coefficient (Wildman–Crippen LogP) is 2.88. The normalized spacial score (nSPS) is 14.1. The van der Waals surface area contributed by atoms with E-state index < -0.39 is 81.7 Å². The van der Waals surface area contributed by atoms with E-state index in [0.29, 0.717) is 0 Å². The van der Waals surface area contributed by atoms with Gasteiger partial charge < -0.3 is 15.2 Å². The number of hydrogen-bond acceptors (Lipinski definition) is 19. The summed E-state index contributed by atoms with van der Waals surface area (Å²) < 4.78 is 148. The highest BCUT2D eigenvalue weighted by atomic mass is 32.3. The molecule has 1 aromatic heterocycles. The van der Waals surface area contributed by atoms with Crippen molar-refractivity contribution in [3.8, 4) is 6.07 Å². The summed E-state index contributed by atoms with van der Waals surface area (Å²) in [6, 6.07) is 10.8. The first kappa shape index (κ1) is 46.3. The van der Waals surface area contributed by atoms with Gasteiger partial charge in [0, 0.05) is 63.3 Å². The maximum atomic E-state index is 12.4. The van der Waals surface area contributed by atoms with Gasteiger partial charge in [-0.05, 0) is 49.4 Å². The Morgan fingerprint density at radius 2 is 1.27 bits per heavy atom. The number of nitrogens with zero attached hydrogens (tertiary/aromatic N) is 6. The zero-order valence-electron chi connectivity index (χ0n) is 28.6. The van der Waals surface area contributed by atoms with Gasteiger partial charge in [-0.3, -0.25) is 22.1 Å². The molecule has 0 fully saturated rings. The molecule has 23 nitrogen and oxygen atoms in total. The predicted molar refractivity (Wildman–Crippen MR) is 202 cm³/mol. The number of benzene rings is 2. The summed E-state index contributed by atoms with van der Waals surface area (Å²) in [5.74, 6) is -0.867. The highest BCUT2D eigenvalue weighted by molar-refractivity contribution is 7.86. The Kier molecular flexibility index (Phi) is 17.3. The fourth-order valence-corrected chi connectivity index (χ4v) is 7.56. The molecule has 0 radical (unpaired) electrons. The summed E-state index contributed by atoms with van der Waals surface area (Å²) in [4.78, 5) is 3.73. The minimum atomic E-state index is -4.95. The van der Waals surface area contributed by atoms with Crippen molar-refractivity contribution in [3.63, 3.8) is 0 Å². The number of hydrogen-bond donors (Lipinski definition) is 6. The zero-order valence-corrected chi connectivity index (χ0v) is 33.5. The Balaban J connectivity index is 1.94. The van der Waals surface area contributed by atoms with E-state index in [1.165, 1.54) is 37.3 Å². The largest absolute Gasteiger partial charge is 0.397 e. The smallest absolute Gasteiger partial charge is 0.368 e. The Morgan fingerprint density at radius 1 is 0.750 bits per heavy atom. The first-order valence-corrected chi connectivity index (χ1v) is 23.4. The lowest BCUT2D eigenvalue weighted by atomic mass is 10.1. The first-order valence-electron chi connectivity index (χ1n) is 15.2. The van der Waals surface area contributed by atoms with Gasteiger partial charge in [0.2, 0.25) is 0 Å². The van der Waals surface area contributed by atoms with E-state index in [4.69, 9.17) is 13.7 Å². The van der Waals surface area contributed by atoms with Crippen LogP contribution in [0.25, 0.3) is 0 Å². The highest BCUT2D eigenvalue weighted by Gasteiger charge is 2.20. The van der Waals surface area contributed by atoms with E-state index in [1.807, 2.05) is 6.07 Å². The Labute approximate surface area is 327 Å². The number of aromatic nitrogens is 1. The Bertz CT molecular complexity index is 2410. The Morgan fingerprint density at radius 3 is 1.77 bits per heavy atom. The number of pyridine rings is 1. The molecular weight excluding hydrogens is 869 g/mol. The van der Waals surface area contributed by atoms with Gasteiger partial charge in [-0.25, -0.2) is 17.6 Å². The molecule has 0 aliphatic rings. The van der Waals surface area contributed by atoms with Crippen LogP contribution in [0.15, 0.2) is 72.7 Å². The highest BCUT2D eigenvalue weighted by Crippen LogP contribution is 2.37. The summed E-state index contributed by atoms with van der Waals surface area (Å²) in [6.45, 7) is 0.147. The van der Waals surface area contributed by atoms with Gasteiger partial charge in [0.25, 0.3) is 10.1 Å². The lowest BCUT2D eigenvalue weighted by molar-refractivity contribution is 0.283. The molecule has 0 aliphatic carbocycles. The van der Waals surface area contributed by atoms with Crippen LogP contribution in [0.2, 0.25) is 0 Å². The number of nitriles is 1. The summed E-state index contributed by atoms with van der Waals surface area (Å²) in [5, 5.41) is 31.6. The van der Waals surface area contributed by atoms with Crippen LogP contribution in [0.4, 0.5) is 34.4 Å². The molecule has 29 heteroatoms. The third-order valence-electron chi connectivity index (χ3n) is 6.66. The number of rotatable bonds is 22. The van der Waals surface area contributed by atoms with Crippen LogP contribution >= 0.6 is 0 Å². The minimum Gasteiger partial charge on any atom is -0.368 e.